The molecule has 1 N–H and O–H groups in total. The maximum absolute atomic E-state index is 5.48. The fourth-order valence-electron chi connectivity index (χ4n) is 1.89. The molecule has 0 atom stereocenters. The molecule has 2 heteroatoms. The van der Waals surface area contributed by atoms with E-state index in [4.69, 9.17) is 4.74 Å². The number of nitrogens with one attached hydrogen (secondary N) is 1. The highest BCUT2D eigenvalue weighted by atomic mass is 16.5. The Kier molecular flexibility index (Phi) is 3.50. The molecule has 0 radical (unpaired) electrons. The molecular formula is C14H19NO. The Morgan fingerprint density at radius 1 is 1.50 bits per heavy atom. The zero-order valence-corrected chi connectivity index (χ0v) is 9.88. The third-order valence-corrected chi connectivity index (χ3v) is 2.91. The van der Waals surface area contributed by atoms with Gasteiger partial charge in [-0.15, -0.1) is 0 Å². The second-order valence-corrected chi connectivity index (χ2v) is 4.18. The van der Waals surface area contributed by atoms with Crippen LogP contribution < -0.4 is 10.1 Å². The van der Waals surface area contributed by atoms with Crippen LogP contribution >= 0.6 is 0 Å². The highest BCUT2D eigenvalue weighted by Gasteiger charge is 2.12. The molecular weight excluding hydrogens is 198 g/mol. The smallest absolute Gasteiger partial charge is 0.122 e. The Hall–Kier alpha value is -1.44. The molecule has 0 fully saturated rings. The monoisotopic (exact) mass is 217 g/mol. The van der Waals surface area contributed by atoms with Crippen LogP contribution in [-0.4, -0.2) is 13.2 Å². The average molecular weight is 217 g/mol. The Balaban J connectivity index is 2.01. The fraction of sp³-hybridized carbons (Fsp3) is 0.429. The number of fused-ring (bicyclic) bond motifs is 1. The Morgan fingerprint density at radius 2 is 2.38 bits per heavy atom. The standard InChI is InChI=1S/C14H19NO/c1-3-4-8-15-11(2)12-5-6-14-13(10-12)7-9-16-14/h5-6,10,15H,2-4,7-9H2,1H3. The zero-order valence-electron chi connectivity index (χ0n) is 9.88. The van der Waals surface area contributed by atoms with Crippen molar-refractivity contribution in [3.05, 3.63) is 35.9 Å². The molecule has 16 heavy (non-hydrogen) atoms. The van der Waals surface area contributed by atoms with Crippen molar-refractivity contribution in [1.29, 1.82) is 0 Å². The van der Waals surface area contributed by atoms with E-state index in [-0.39, 0.29) is 0 Å². The van der Waals surface area contributed by atoms with Crippen LogP contribution in [0.5, 0.6) is 5.75 Å². The lowest BCUT2D eigenvalue weighted by Crippen LogP contribution is -2.12. The molecule has 1 aliphatic heterocycles. The van der Waals surface area contributed by atoms with E-state index in [9.17, 15) is 0 Å². The summed E-state index contributed by atoms with van der Waals surface area (Å²) in [6.45, 7) is 8.08. The Labute approximate surface area is 97.3 Å². The predicted molar refractivity (Wildman–Crippen MR) is 67.6 cm³/mol. The third kappa shape index (κ3) is 2.38. The molecule has 2 nitrogen and oxygen atoms in total. The number of benzene rings is 1. The number of rotatable bonds is 5. The summed E-state index contributed by atoms with van der Waals surface area (Å²) in [6, 6.07) is 6.30. The molecule has 0 unspecified atom stereocenters. The van der Waals surface area contributed by atoms with Crippen molar-refractivity contribution in [2.24, 2.45) is 0 Å². The van der Waals surface area contributed by atoms with Crippen LogP contribution in [0.25, 0.3) is 5.70 Å². The van der Waals surface area contributed by atoms with E-state index in [0.29, 0.717) is 0 Å². The van der Waals surface area contributed by atoms with E-state index in [2.05, 4.69) is 31.0 Å². The van der Waals surface area contributed by atoms with Crippen molar-refractivity contribution in [3.63, 3.8) is 0 Å². The Morgan fingerprint density at radius 3 is 3.19 bits per heavy atom. The van der Waals surface area contributed by atoms with Crippen LogP contribution in [0.4, 0.5) is 0 Å². The summed E-state index contributed by atoms with van der Waals surface area (Å²) in [5, 5.41) is 3.36. The molecule has 2 rings (SSSR count). The molecule has 1 heterocycles. The van der Waals surface area contributed by atoms with E-state index in [0.717, 1.165) is 31.0 Å². The van der Waals surface area contributed by atoms with Gasteiger partial charge in [-0.2, -0.15) is 0 Å². The summed E-state index contributed by atoms with van der Waals surface area (Å²) in [6.07, 6.45) is 3.41. The second kappa shape index (κ2) is 5.06. The Bertz CT molecular complexity index is 384. The topological polar surface area (TPSA) is 21.3 Å². The first-order valence-electron chi connectivity index (χ1n) is 6.00. The van der Waals surface area contributed by atoms with E-state index < -0.39 is 0 Å². The molecule has 0 saturated heterocycles. The maximum atomic E-state index is 5.48. The SMILES string of the molecule is C=C(NCCCC)c1ccc2c(c1)CCO2. The minimum atomic E-state index is 0.814. The maximum Gasteiger partial charge on any atom is 0.122 e. The summed E-state index contributed by atoms with van der Waals surface area (Å²) >= 11 is 0. The van der Waals surface area contributed by atoms with Gasteiger partial charge in [0.25, 0.3) is 0 Å². The van der Waals surface area contributed by atoms with Gasteiger partial charge in [0.2, 0.25) is 0 Å². The van der Waals surface area contributed by atoms with E-state index in [1.54, 1.807) is 0 Å². The van der Waals surface area contributed by atoms with Crippen LogP contribution in [0.2, 0.25) is 0 Å². The van der Waals surface area contributed by atoms with Crippen LogP contribution in [0, 0.1) is 0 Å². The number of unbranched alkanes of at least 4 members (excludes halogenated alkanes) is 1. The number of hydrogen-bond acceptors (Lipinski definition) is 2. The van der Waals surface area contributed by atoms with Crippen molar-refractivity contribution in [2.75, 3.05) is 13.2 Å². The summed E-state index contributed by atoms with van der Waals surface area (Å²) in [7, 11) is 0. The first-order chi connectivity index (χ1) is 7.81. The van der Waals surface area contributed by atoms with Gasteiger partial charge in [-0.25, -0.2) is 0 Å². The van der Waals surface area contributed by atoms with Gasteiger partial charge in [0.05, 0.1) is 6.61 Å². The summed E-state index contributed by atoms with van der Waals surface area (Å²) < 4.78 is 5.48. The van der Waals surface area contributed by atoms with Gasteiger partial charge >= 0.3 is 0 Å². The second-order valence-electron chi connectivity index (χ2n) is 4.18. The van der Waals surface area contributed by atoms with Crippen molar-refractivity contribution in [3.8, 4) is 5.75 Å². The summed E-state index contributed by atoms with van der Waals surface area (Å²) in [5.41, 5.74) is 3.50. The third-order valence-electron chi connectivity index (χ3n) is 2.91. The lowest BCUT2D eigenvalue weighted by molar-refractivity contribution is 0.357. The predicted octanol–water partition coefficient (Wildman–Crippen LogP) is 2.98. The molecule has 1 aromatic rings. The summed E-state index contributed by atoms with van der Waals surface area (Å²) in [4.78, 5) is 0. The molecule has 1 aliphatic rings. The molecule has 1 aromatic carbocycles. The quantitative estimate of drug-likeness (QED) is 0.766. The largest absolute Gasteiger partial charge is 0.493 e. The minimum absolute atomic E-state index is 0.814. The lowest BCUT2D eigenvalue weighted by atomic mass is 10.1. The van der Waals surface area contributed by atoms with Crippen LogP contribution in [0.3, 0.4) is 0 Å². The highest BCUT2D eigenvalue weighted by Crippen LogP contribution is 2.27. The van der Waals surface area contributed by atoms with Gasteiger partial charge < -0.3 is 10.1 Å². The van der Waals surface area contributed by atoms with Crippen molar-refractivity contribution >= 4 is 5.70 Å². The average Bonchev–Trinajstić information content (AvgIpc) is 2.76. The molecule has 0 aliphatic carbocycles. The van der Waals surface area contributed by atoms with Crippen LogP contribution in [0.1, 0.15) is 30.9 Å². The minimum Gasteiger partial charge on any atom is -0.493 e. The first-order valence-corrected chi connectivity index (χ1v) is 6.00. The summed E-state index contributed by atoms with van der Waals surface area (Å²) in [5.74, 6) is 1.03. The molecule has 0 spiro atoms. The highest BCUT2D eigenvalue weighted by molar-refractivity contribution is 5.63. The molecule has 0 saturated carbocycles. The fourth-order valence-corrected chi connectivity index (χ4v) is 1.89. The van der Waals surface area contributed by atoms with Gasteiger partial charge in [0.1, 0.15) is 5.75 Å². The van der Waals surface area contributed by atoms with E-state index in [1.165, 1.54) is 24.0 Å². The first kappa shape index (κ1) is 11.1. The number of hydrogen-bond donors (Lipinski definition) is 1. The molecule has 0 aromatic heterocycles. The normalized spacial score (nSPS) is 13.1. The van der Waals surface area contributed by atoms with Crippen molar-refractivity contribution in [1.82, 2.24) is 5.32 Å². The lowest BCUT2D eigenvalue weighted by Gasteiger charge is -2.10. The van der Waals surface area contributed by atoms with Gasteiger partial charge in [0.15, 0.2) is 0 Å². The van der Waals surface area contributed by atoms with Crippen molar-refractivity contribution in [2.45, 2.75) is 26.2 Å². The molecule has 0 bridgehead atoms. The molecule has 86 valence electrons. The van der Waals surface area contributed by atoms with Gasteiger partial charge in [-0.1, -0.05) is 19.9 Å². The van der Waals surface area contributed by atoms with E-state index in [1.807, 2.05) is 6.07 Å². The zero-order chi connectivity index (χ0) is 11.4. The molecule has 0 amide bonds. The van der Waals surface area contributed by atoms with Crippen LogP contribution in [-0.2, 0) is 6.42 Å². The van der Waals surface area contributed by atoms with Crippen molar-refractivity contribution < 1.29 is 4.74 Å². The number of ether oxygens (including phenoxy) is 1. The van der Waals surface area contributed by atoms with E-state index >= 15 is 0 Å². The van der Waals surface area contributed by atoms with Gasteiger partial charge in [-0.3, -0.25) is 0 Å². The van der Waals surface area contributed by atoms with Crippen LogP contribution in [0.15, 0.2) is 24.8 Å². The van der Waals surface area contributed by atoms with Gasteiger partial charge in [0, 0.05) is 18.7 Å². The van der Waals surface area contributed by atoms with Gasteiger partial charge in [-0.05, 0) is 35.7 Å².